The van der Waals surface area contributed by atoms with E-state index in [1.807, 2.05) is 0 Å². The monoisotopic (exact) mass is 234 g/mol. The molecule has 0 aliphatic carbocycles. The molecule has 0 radical (unpaired) electrons. The van der Waals surface area contributed by atoms with E-state index in [9.17, 15) is 4.79 Å². The van der Waals surface area contributed by atoms with Crippen molar-refractivity contribution in [1.29, 1.82) is 0 Å². The van der Waals surface area contributed by atoms with Crippen LogP contribution in [0, 0.1) is 13.8 Å². The van der Waals surface area contributed by atoms with Gasteiger partial charge in [0.2, 0.25) is 0 Å². The topological polar surface area (TPSA) is 41.1 Å². The maximum Gasteiger partial charge on any atom is 0.314 e. The number of hydrogen-bond donors (Lipinski definition) is 2. The molecule has 17 heavy (non-hydrogen) atoms. The van der Waals surface area contributed by atoms with Gasteiger partial charge in [0, 0.05) is 19.0 Å². The number of urea groups is 1. The van der Waals surface area contributed by atoms with Gasteiger partial charge in [0.1, 0.15) is 0 Å². The Balaban J connectivity index is 2.85. The minimum absolute atomic E-state index is 0.0652. The zero-order valence-corrected chi connectivity index (χ0v) is 11.3. The molecule has 0 heterocycles. The number of benzene rings is 1. The highest BCUT2D eigenvalue weighted by atomic mass is 16.2. The van der Waals surface area contributed by atoms with Crippen LogP contribution in [-0.4, -0.2) is 19.6 Å². The van der Waals surface area contributed by atoms with Crippen LogP contribution in [0.25, 0.3) is 0 Å². The normalized spacial score (nSPS) is 11.1. The van der Waals surface area contributed by atoms with E-state index in [0.717, 1.165) is 0 Å². The lowest BCUT2D eigenvalue weighted by molar-refractivity contribution is 0.240. The van der Waals surface area contributed by atoms with E-state index >= 15 is 0 Å². The molecule has 1 rings (SSSR count). The fourth-order valence-electron chi connectivity index (χ4n) is 2.06. The summed E-state index contributed by atoms with van der Waals surface area (Å²) < 4.78 is 0. The van der Waals surface area contributed by atoms with Crippen molar-refractivity contribution in [3.63, 3.8) is 0 Å². The van der Waals surface area contributed by atoms with Crippen LogP contribution >= 0.6 is 0 Å². The average molecular weight is 234 g/mol. The molecular weight excluding hydrogens is 212 g/mol. The molecule has 0 saturated carbocycles. The number of hydrogen-bond acceptors (Lipinski definition) is 1. The molecule has 0 bridgehead atoms. The van der Waals surface area contributed by atoms with E-state index in [1.54, 1.807) is 7.05 Å². The Kier molecular flexibility index (Phi) is 4.16. The molecule has 1 aromatic carbocycles. The fourth-order valence-corrected chi connectivity index (χ4v) is 2.06. The third-order valence-corrected chi connectivity index (χ3v) is 3.03. The maximum atomic E-state index is 11.2. The fraction of sp³-hybridized carbons (Fsp3) is 0.500. The molecule has 3 nitrogen and oxygen atoms in total. The second kappa shape index (κ2) is 5.21. The van der Waals surface area contributed by atoms with Gasteiger partial charge in [-0.3, -0.25) is 0 Å². The Hall–Kier alpha value is -1.51. The molecule has 0 unspecified atom stereocenters. The van der Waals surface area contributed by atoms with E-state index in [0.29, 0.717) is 6.54 Å². The number of rotatable bonds is 3. The van der Waals surface area contributed by atoms with Gasteiger partial charge in [-0.2, -0.15) is 0 Å². The molecule has 1 aromatic rings. The van der Waals surface area contributed by atoms with Gasteiger partial charge >= 0.3 is 6.03 Å². The first-order valence-corrected chi connectivity index (χ1v) is 5.90. The zero-order chi connectivity index (χ0) is 13.1. The third kappa shape index (κ3) is 3.48. The summed E-state index contributed by atoms with van der Waals surface area (Å²) in [6, 6.07) is 6.31. The molecule has 0 fully saturated rings. The molecule has 94 valence electrons. The molecule has 2 amide bonds. The predicted octanol–water partition coefficient (Wildman–Crippen LogP) is 2.51. The molecule has 0 aliphatic heterocycles. The van der Waals surface area contributed by atoms with Crippen LogP contribution < -0.4 is 10.6 Å². The van der Waals surface area contributed by atoms with Crippen molar-refractivity contribution < 1.29 is 4.79 Å². The lowest BCUT2D eigenvalue weighted by Crippen LogP contribution is -2.41. The molecular formula is C14H22N2O. The van der Waals surface area contributed by atoms with E-state index in [4.69, 9.17) is 0 Å². The summed E-state index contributed by atoms with van der Waals surface area (Å²) in [4.78, 5) is 11.2. The van der Waals surface area contributed by atoms with Gasteiger partial charge in [-0.15, -0.1) is 0 Å². The standard InChI is InChI=1S/C14H22N2O/c1-10-6-7-12(11(2)8-10)14(3,4)9-16-13(17)15-5/h6-8H,9H2,1-5H3,(H2,15,16,17). The Morgan fingerprint density at radius 2 is 1.94 bits per heavy atom. The highest BCUT2D eigenvalue weighted by Crippen LogP contribution is 2.26. The summed E-state index contributed by atoms with van der Waals surface area (Å²) >= 11 is 0. The van der Waals surface area contributed by atoms with Crippen molar-refractivity contribution in [2.75, 3.05) is 13.6 Å². The quantitative estimate of drug-likeness (QED) is 0.829. The molecule has 0 saturated heterocycles. The summed E-state index contributed by atoms with van der Waals surface area (Å²) in [5.74, 6) is 0. The number of amides is 2. The lowest BCUT2D eigenvalue weighted by Gasteiger charge is -2.27. The van der Waals surface area contributed by atoms with Gasteiger partial charge in [0.15, 0.2) is 0 Å². The predicted molar refractivity (Wildman–Crippen MR) is 71.4 cm³/mol. The molecule has 0 aromatic heterocycles. The maximum absolute atomic E-state index is 11.2. The first-order chi connectivity index (χ1) is 7.86. The highest BCUT2D eigenvalue weighted by Gasteiger charge is 2.22. The van der Waals surface area contributed by atoms with Crippen LogP contribution in [0.5, 0.6) is 0 Å². The smallest absolute Gasteiger partial charge is 0.314 e. The lowest BCUT2D eigenvalue weighted by atomic mass is 9.81. The number of carbonyl (C=O) groups is 1. The van der Waals surface area contributed by atoms with Gasteiger partial charge in [0.05, 0.1) is 0 Å². The summed E-state index contributed by atoms with van der Waals surface area (Å²) in [5.41, 5.74) is 3.75. The third-order valence-electron chi connectivity index (χ3n) is 3.03. The Morgan fingerprint density at radius 3 is 2.47 bits per heavy atom. The average Bonchev–Trinajstić information content (AvgIpc) is 2.25. The van der Waals surface area contributed by atoms with Crippen molar-refractivity contribution in [1.82, 2.24) is 10.6 Å². The molecule has 0 aliphatic rings. The Bertz CT molecular complexity index is 411. The first-order valence-electron chi connectivity index (χ1n) is 5.90. The molecule has 3 heteroatoms. The summed E-state index contributed by atoms with van der Waals surface area (Å²) in [6.45, 7) is 9.11. The van der Waals surface area contributed by atoms with Gasteiger partial charge in [-0.25, -0.2) is 4.79 Å². The van der Waals surface area contributed by atoms with Crippen LogP contribution in [0.15, 0.2) is 18.2 Å². The summed E-state index contributed by atoms with van der Waals surface area (Å²) in [7, 11) is 1.62. The van der Waals surface area contributed by atoms with Gasteiger partial charge < -0.3 is 10.6 Å². The van der Waals surface area contributed by atoms with Crippen LogP contribution in [-0.2, 0) is 5.41 Å². The van der Waals surface area contributed by atoms with Crippen LogP contribution in [0.4, 0.5) is 4.79 Å². The number of nitrogens with one attached hydrogen (secondary N) is 2. The summed E-state index contributed by atoms with van der Waals surface area (Å²) in [6.07, 6.45) is 0. The first kappa shape index (κ1) is 13.6. The van der Waals surface area contributed by atoms with Crippen LogP contribution in [0.2, 0.25) is 0 Å². The number of aryl methyl sites for hydroxylation is 2. The van der Waals surface area contributed by atoms with E-state index in [1.165, 1.54) is 16.7 Å². The van der Waals surface area contributed by atoms with E-state index < -0.39 is 0 Å². The minimum atomic E-state index is -0.136. The highest BCUT2D eigenvalue weighted by molar-refractivity contribution is 5.73. The minimum Gasteiger partial charge on any atom is -0.341 e. The van der Waals surface area contributed by atoms with Crippen molar-refractivity contribution in [3.05, 3.63) is 34.9 Å². The second-order valence-corrected chi connectivity index (χ2v) is 5.13. The molecule has 0 atom stereocenters. The Morgan fingerprint density at radius 1 is 1.29 bits per heavy atom. The van der Waals surface area contributed by atoms with Crippen molar-refractivity contribution in [2.24, 2.45) is 0 Å². The van der Waals surface area contributed by atoms with Gasteiger partial charge in [0.25, 0.3) is 0 Å². The second-order valence-electron chi connectivity index (χ2n) is 5.13. The van der Waals surface area contributed by atoms with Crippen LogP contribution in [0.3, 0.4) is 0 Å². The molecule has 2 N–H and O–H groups in total. The summed E-state index contributed by atoms with van der Waals surface area (Å²) in [5, 5.41) is 5.43. The van der Waals surface area contributed by atoms with Crippen molar-refractivity contribution in [2.45, 2.75) is 33.1 Å². The zero-order valence-electron chi connectivity index (χ0n) is 11.3. The van der Waals surface area contributed by atoms with Gasteiger partial charge in [-0.1, -0.05) is 37.6 Å². The van der Waals surface area contributed by atoms with E-state index in [-0.39, 0.29) is 11.4 Å². The van der Waals surface area contributed by atoms with Crippen molar-refractivity contribution >= 4 is 6.03 Å². The molecule has 0 spiro atoms. The van der Waals surface area contributed by atoms with Crippen molar-refractivity contribution in [3.8, 4) is 0 Å². The largest absolute Gasteiger partial charge is 0.341 e. The van der Waals surface area contributed by atoms with Gasteiger partial charge in [-0.05, 0) is 25.0 Å². The Labute approximate surface area is 104 Å². The van der Waals surface area contributed by atoms with E-state index in [2.05, 4.69) is 56.5 Å². The SMILES string of the molecule is CNC(=O)NCC(C)(C)c1ccc(C)cc1C. The van der Waals surface area contributed by atoms with Crippen LogP contribution in [0.1, 0.15) is 30.5 Å². The number of carbonyl (C=O) groups excluding carboxylic acids is 1.